The van der Waals surface area contributed by atoms with Crippen molar-refractivity contribution < 1.29 is 14.3 Å². The van der Waals surface area contributed by atoms with Crippen LogP contribution in [-0.2, 0) is 0 Å². The third-order valence-electron chi connectivity index (χ3n) is 2.54. The maximum absolute atomic E-state index is 11.4. The van der Waals surface area contributed by atoms with Gasteiger partial charge in [0.15, 0.2) is 17.3 Å². The van der Waals surface area contributed by atoms with E-state index in [-0.39, 0.29) is 11.7 Å². The molecule has 1 aromatic heterocycles. The average molecular weight is 298 g/mol. The molecule has 4 nitrogen and oxygen atoms in total. The zero-order valence-electron chi connectivity index (χ0n) is 10.5. The second-order valence-corrected chi connectivity index (χ2v) is 4.79. The molecule has 0 bridgehead atoms. The lowest BCUT2D eigenvalue weighted by molar-refractivity contribution is 0.101. The Balaban J connectivity index is 2.36. The molecule has 1 heterocycles. The normalized spacial score (nSPS) is 10.3. The van der Waals surface area contributed by atoms with E-state index in [0.717, 1.165) is 10.6 Å². The standard InChI is InChI=1S/C13H12ClNO3S/c1-17-11-4-3-8(5-12(11)18-2)13-15-9(7-19-13)10(16)6-14/h3-5,7H,6H2,1-2H3. The molecule has 19 heavy (non-hydrogen) atoms. The van der Waals surface area contributed by atoms with Gasteiger partial charge in [0.05, 0.1) is 20.1 Å². The van der Waals surface area contributed by atoms with E-state index in [0.29, 0.717) is 17.2 Å². The summed E-state index contributed by atoms with van der Waals surface area (Å²) < 4.78 is 10.4. The number of aromatic nitrogens is 1. The van der Waals surface area contributed by atoms with Crippen molar-refractivity contribution in [3.63, 3.8) is 0 Å². The summed E-state index contributed by atoms with van der Waals surface area (Å²) in [5.41, 5.74) is 1.26. The van der Waals surface area contributed by atoms with E-state index in [2.05, 4.69) is 4.98 Å². The molecule has 0 aliphatic rings. The van der Waals surface area contributed by atoms with E-state index in [1.807, 2.05) is 12.1 Å². The maximum atomic E-state index is 11.4. The number of carbonyl (C=O) groups is 1. The molecule has 0 unspecified atom stereocenters. The Labute approximate surface area is 120 Å². The molecule has 6 heteroatoms. The van der Waals surface area contributed by atoms with E-state index in [9.17, 15) is 4.79 Å². The van der Waals surface area contributed by atoms with Gasteiger partial charge in [0.25, 0.3) is 0 Å². The predicted octanol–water partition coefficient (Wildman–Crippen LogP) is 3.25. The zero-order chi connectivity index (χ0) is 13.8. The van der Waals surface area contributed by atoms with Gasteiger partial charge in [0, 0.05) is 10.9 Å². The van der Waals surface area contributed by atoms with Gasteiger partial charge in [0.2, 0.25) is 0 Å². The summed E-state index contributed by atoms with van der Waals surface area (Å²) >= 11 is 6.90. The summed E-state index contributed by atoms with van der Waals surface area (Å²) in [6.45, 7) is 0. The van der Waals surface area contributed by atoms with E-state index in [1.54, 1.807) is 25.7 Å². The van der Waals surface area contributed by atoms with Gasteiger partial charge in [-0.15, -0.1) is 22.9 Å². The van der Waals surface area contributed by atoms with E-state index >= 15 is 0 Å². The summed E-state index contributed by atoms with van der Waals surface area (Å²) in [4.78, 5) is 15.7. The summed E-state index contributed by atoms with van der Waals surface area (Å²) in [5.74, 6) is 1.04. The first kappa shape index (κ1) is 13.8. The molecule has 0 saturated carbocycles. The molecule has 0 amide bonds. The number of carbonyl (C=O) groups excluding carboxylic acids is 1. The molecule has 0 N–H and O–H groups in total. The van der Waals surface area contributed by atoms with Crippen LogP contribution in [-0.4, -0.2) is 30.9 Å². The number of ketones is 1. The van der Waals surface area contributed by atoms with Crippen LogP contribution in [0.2, 0.25) is 0 Å². The number of nitrogens with zero attached hydrogens (tertiary/aromatic N) is 1. The third kappa shape index (κ3) is 2.88. The Morgan fingerprint density at radius 2 is 2.05 bits per heavy atom. The van der Waals surface area contributed by atoms with Crippen molar-refractivity contribution in [2.75, 3.05) is 20.1 Å². The number of thiazole rings is 1. The summed E-state index contributed by atoms with van der Waals surface area (Å²) in [6.07, 6.45) is 0. The molecule has 0 spiro atoms. The molecule has 100 valence electrons. The fourth-order valence-corrected chi connectivity index (χ4v) is 2.53. The predicted molar refractivity (Wildman–Crippen MR) is 75.7 cm³/mol. The zero-order valence-corrected chi connectivity index (χ0v) is 12.0. The van der Waals surface area contributed by atoms with Crippen LogP contribution in [0.25, 0.3) is 10.6 Å². The number of hydrogen-bond donors (Lipinski definition) is 0. The molecule has 0 saturated heterocycles. The van der Waals surface area contributed by atoms with Crippen molar-refractivity contribution >= 4 is 28.7 Å². The Hall–Kier alpha value is -1.59. The minimum absolute atomic E-state index is 0.0604. The van der Waals surface area contributed by atoms with Crippen LogP contribution in [0.3, 0.4) is 0 Å². The van der Waals surface area contributed by atoms with Crippen molar-refractivity contribution in [2.45, 2.75) is 0 Å². The molecule has 0 fully saturated rings. The van der Waals surface area contributed by atoms with E-state index in [4.69, 9.17) is 21.1 Å². The van der Waals surface area contributed by atoms with Gasteiger partial charge >= 0.3 is 0 Å². The van der Waals surface area contributed by atoms with Crippen LogP contribution in [0.15, 0.2) is 23.6 Å². The molecule has 0 atom stereocenters. The minimum Gasteiger partial charge on any atom is -0.493 e. The highest BCUT2D eigenvalue weighted by Gasteiger charge is 2.12. The molecule has 1 aromatic carbocycles. The first-order valence-corrected chi connectivity index (χ1v) is 6.88. The fraction of sp³-hybridized carbons (Fsp3) is 0.231. The SMILES string of the molecule is COc1ccc(-c2nc(C(=O)CCl)cs2)cc1OC. The lowest BCUT2D eigenvalue weighted by atomic mass is 10.2. The largest absolute Gasteiger partial charge is 0.493 e. The number of methoxy groups -OCH3 is 2. The second kappa shape index (κ2) is 6.04. The summed E-state index contributed by atoms with van der Waals surface area (Å²) in [7, 11) is 3.16. The molecule has 0 radical (unpaired) electrons. The van der Waals surface area contributed by atoms with Crippen molar-refractivity contribution in [3.8, 4) is 22.1 Å². The van der Waals surface area contributed by atoms with Crippen molar-refractivity contribution in [3.05, 3.63) is 29.3 Å². The number of Topliss-reactive ketones (excluding diaryl/α,β-unsaturated/α-hetero) is 1. The van der Waals surface area contributed by atoms with Crippen LogP contribution < -0.4 is 9.47 Å². The van der Waals surface area contributed by atoms with Gasteiger partial charge in [-0.3, -0.25) is 4.79 Å². The van der Waals surface area contributed by atoms with Crippen molar-refractivity contribution in [1.82, 2.24) is 4.98 Å². The van der Waals surface area contributed by atoms with Crippen LogP contribution >= 0.6 is 22.9 Å². The van der Waals surface area contributed by atoms with Crippen LogP contribution in [0.5, 0.6) is 11.5 Å². The Kier molecular flexibility index (Phi) is 4.39. The lowest BCUT2D eigenvalue weighted by Gasteiger charge is -2.08. The van der Waals surface area contributed by atoms with Gasteiger partial charge in [0.1, 0.15) is 10.7 Å². The Morgan fingerprint density at radius 1 is 1.32 bits per heavy atom. The third-order valence-corrected chi connectivity index (χ3v) is 3.68. The molecule has 2 aromatic rings. The van der Waals surface area contributed by atoms with Gasteiger partial charge in [-0.1, -0.05) is 0 Å². The first-order chi connectivity index (χ1) is 9.19. The van der Waals surface area contributed by atoms with E-state index in [1.165, 1.54) is 11.3 Å². The van der Waals surface area contributed by atoms with Crippen molar-refractivity contribution in [1.29, 1.82) is 0 Å². The number of hydrogen-bond acceptors (Lipinski definition) is 5. The first-order valence-electron chi connectivity index (χ1n) is 5.46. The Bertz CT molecular complexity index is 597. The smallest absolute Gasteiger partial charge is 0.196 e. The highest BCUT2D eigenvalue weighted by Crippen LogP contribution is 2.33. The number of halogens is 1. The molecular formula is C13H12ClNO3S. The average Bonchev–Trinajstić information content (AvgIpc) is 2.95. The van der Waals surface area contributed by atoms with Gasteiger partial charge in [-0.25, -0.2) is 4.98 Å². The second-order valence-electron chi connectivity index (χ2n) is 3.66. The lowest BCUT2D eigenvalue weighted by Crippen LogP contribution is -2.00. The number of benzene rings is 1. The van der Waals surface area contributed by atoms with Gasteiger partial charge in [-0.05, 0) is 18.2 Å². The number of rotatable bonds is 5. The van der Waals surface area contributed by atoms with E-state index < -0.39 is 0 Å². The molecular weight excluding hydrogens is 286 g/mol. The van der Waals surface area contributed by atoms with Crippen LogP contribution in [0.1, 0.15) is 10.5 Å². The van der Waals surface area contributed by atoms with Crippen molar-refractivity contribution in [2.24, 2.45) is 0 Å². The number of ether oxygens (including phenoxy) is 2. The summed E-state index contributed by atoms with van der Waals surface area (Å²) in [6, 6.07) is 5.50. The Morgan fingerprint density at radius 3 is 2.68 bits per heavy atom. The molecule has 0 aliphatic carbocycles. The highest BCUT2D eigenvalue weighted by molar-refractivity contribution is 7.13. The maximum Gasteiger partial charge on any atom is 0.196 e. The highest BCUT2D eigenvalue weighted by atomic mass is 35.5. The van der Waals surface area contributed by atoms with Crippen LogP contribution in [0, 0.1) is 0 Å². The van der Waals surface area contributed by atoms with Gasteiger partial charge in [-0.2, -0.15) is 0 Å². The fourth-order valence-electron chi connectivity index (χ4n) is 1.57. The minimum atomic E-state index is -0.176. The van der Waals surface area contributed by atoms with Crippen LogP contribution in [0.4, 0.5) is 0 Å². The number of alkyl halides is 1. The quantitative estimate of drug-likeness (QED) is 0.628. The van der Waals surface area contributed by atoms with Gasteiger partial charge < -0.3 is 9.47 Å². The topological polar surface area (TPSA) is 48.4 Å². The molecule has 0 aliphatic heterocycles. The monoisotopic (exact) mass is 297 g/mol. The molecule has 2 rings (SSSR count). The summed E-state index contributed by atoms with van der Waals surface area (Å²) in [5, 5.41) is 2.45.